The minimum atomic E-state index is 0.933. The summed E-state index contributed by atoms with van der Waals surface area (Å²) in [5.41, 5.74) is 0.933. The van der Waals surface area contributed by atoms with Gasteiger partial charge in [0, 0.05) is 0 Å². The quantitative estimate of drug-likeness (QED) is 0.480. The van der Waals surface area contributed by atoms with Gasteiger partial charge in [-0.2, -0.15) is 0 Å². The Bertz CT molecular complexity index is 173. The molecule has 0 amide bonds. The van der Waals surface area contributed by atoms with Crippen molar-refractivity contribution in [1.29, 1.82) is 0 Å². The van der Waals surface area contributed by atoms with Crippen molar-refractivity contribution in [3.05, 3.63) is 0 Å². The van der Waals surface area contributed by atoms with E-state index < -0.39 is 0 Å². The third-order valence-corrected chi connectivity index (χ3v) is 4.30. The van der Waals surface area contributed by atoms with Crippen LogP contribution in [0.3, 0.4) is 0 Å². The Morgan fingerprint density at radius 1 is 1.30 bits per heavy atom. The molecule has 0 radical (unpaired) electrons. The molecule has 0 N–H and O–H groups in total. The molecule has 3 fully saturated rings. The van der Waals surface area contributed by atoms with Gasteiger partial charge in [-0.25, -0.2) is 0 Å². The monoisotopic (exact) mass is 136 g/mol. The van der Waals surface area contributed by atoms with Crippen LogP contribution in [-0.4, -0.2) is 0 Å². The van der Waals surface area contributed by atoms with Crippen LogP contribution in [0.4, 0.5) is 0 Å². The first-order chi connectivity index (χ1) is 4.80. The van der Waals surface area contributed by atoms with Gasteiger partial charge in [-0.05, 0) is 55.3 Å². The fraction of sp³-hybridized carbons (Fsp3) is 1.00. The molecule has 0 aliphatic heterocycles. The van der Waals surface area contributed by atoms with Crippen molar-refractivity contribution in [2.45, 2.75) is 39.0 Å². The van der Waals surface area contributed by atoms with Crippen LogP contribution in [0.5, 0.6) is 0 Å². The molecule has 56 valence electrons. The van der Waals surface area contributed by atoms with Crippen LogP contribution >= 0.6 is 0 Å². The van der Waals surface area contributed by atoms with Crippen molar-refractivity contribution >= 4 is 0 Å². The molecule has 3 aliphatic rings. The van der Waals surface area contributed by atoms with Crippen LogP contribution < -0.4 is 0 Å². The molecule has 0 spiro atoms. The molecule has 0 saturated heterocycles. The Kier molecular flexibility index (Phi) is 0.810. The predicted octanol–water partition coefficient (Wildman–Crippen LogP) is 2.83. The Balaban J connectivity index is 1.94. The fourth-order valence-corrected chi connectivity index (χ4v) is 3.92. The Morgan fingerprint density at radius 2 is 2.20 bits per heavy atom. The molecule has 0 aromatic heterocycles. The SMILES string of the molecule is C[C@H]1C[C@@H]2CC[C@@]3(CC23)C1. The molecule has 3 aliphatic carbocycles. The molecular weight excluding hydrogens is 120 g/mol. The summed E-state index contributed by atoms with van der Waals surface area (Å²) in [6.45, 7) is 2.45. The molecule has 0 aromatic rings. The van der Waals surface area contributed by atoms with Crippen LogP contribution in [0.15, 0.2) is 0 Å². The number of rotatable bonds is 0. The highest BCUT2D eigenvalue weighted by atomic mass is 14.7. The highest BCUT2D eigenvalue weighted by molar-refractivity contribution is 5.13. The van der Waals surface area contributed by atoms with Crippen molar-refractivity contribution in [2.24, 2.45) is 23.2 Å². The van der Waals surface area contributed by atoms with Gasteiger partial charge in [-0.15, -0.1) is 0 Å². The molecule has 3 saturated carbocycles. The second-order valence-electron chi connectivity index (χ2n) is 5.02. The summed E-state index contributed by atoms with van der Waals surface area (Å²) in [6, 6.07) is 0. The van der Waals surface area contributed by atoms with Gasteiger partial charge in [-0.3, -0.25) is 0 Å². The molecule has 1 unspecified atom stereocenters. The van der Waals surface area contributed by atoms with Crippen molar-refractivity contribution < 1.29 is 0 Å². The lowest BCUT2D eigenvalue weighted by molar-refractivity contribution is 0.268. The van der Waals surface area contributed by atoms with Crippen LogP contribution in [-0.2, 0) is 0 Å². The second-order valence-corrected chi connectivity index (χ2v) is 5.02. The van der Waals surface area contributed by atoms with Crippen LogP contribution in [0.25, 0.3) is 0 Å². The van der Waals surface area contributed by atoms with Gasteiger partial charge < -0.3 is 0 Å². The zero-order valence-corrected chi connectivity index (χ0v) is 6.77. The lowest BCUT2D eigenvalue weighted by Gasteiger charge is -2.23. The van der Waals surface area contributed by atoms with Gasteiger partial charge in [0.05, 0.1) is 0 Å². The summed E-state index contributed by atoms with van der Waals surface area (Å²) >= 11 is 0. The van der Waals surface area contributed by atoms with E-state index in [1.165, 1.54) is 11.8 Å². The average molecular weight is 136 g/mol. The third-order valence-electron chi connectivity index (χ3n) is 4.30. The molecule has 3 rings (SSSR count). The zero-order valence-electron chi connectivity index (χ0n) is 6.77. The van der Waals surface area contributed by atoms with E-state index in [-0.39, 0.29) is 0 Å². The van der Waals surface area contributed by atoms with Crippen molar-refractivity contribution in [1.82, 2.24) is 0 Å². The first-order valence-corrected chi connectivity index (χ1v) is 4.80. The fourth-order valence-electron chi connectivity index (χ4n) is 3.92. The van der Waals surface area contributed by atoms with Crippen molar-refractivity contribution in [3.63, 3.8) is 0 Å². The maximum Gasteiger partial charge on any atom is -0.0261 e. The minimum absolute atomic E-state index is 0.933. The molecule has 0 aromatic carbocycles. The van der Waals surface area contributed by atoms with E-state index in [0.717, 1.165) is 11.3 Å². The maximum absolute atomic E-state index is 2.45. The largest absolute Gasteiger partial charge is 0.0625 e. The highest BCUT2D eigenvalue weighted by Gasteiger charge is 2.63. The van der Waals surface area contributed by atoms with E-state index in [9.17, 15) is 0 Å². The Labute approximate surface area is 63.0 Å². The Morgan fingerprint density at radius 3 is 2.90 bits per heavy atom. The van der Waals surface area contributed by atoms with Crippen molar-refractivity contribution in [2.75, 3.05) is 0 Å². The lowest BCUT2D eigenvalue weighted by Crippen LogP contribution is -2.14. The molecular formula is C10H16. The van der Waals surface area contributed by atoms with E-state index in [2.05, 4.69) is 6.92 Å². The first-order valence-electron chi connectivity index (χ1n) is 4.80. The average Bonchev–Trinajstić information content (AvgIpc) is 2.55. The van der Waals surface area contributed by atoms with Crippen LogP contribution in [0, 0.1) is 23.2 Å². The number of hydrogen-bond acceptors (Lipinski definition) is 0. The summed E-state index contributed by atoms with van der Waals surface area (Å²) in [7, 11) is 0. The maximum atomic E-state index is 2.45. The van der Waals surface area contributed by atoms with Gasteiger partial charge in [0.1, 0.15) is 0 Å². The lowest BCUT2D eigenvalue weighted by atomic mass is 9.82. The summed E-state index contributed by atoms with van der Waals surface area (Å²) in [5, 5.41) is 0. The van der Waals surface area contributed by atoms with E-state index in [0.29, 0.717) is 0 Å². The van der Waals surface area contributed by atoms with Gasteiger partial charge in [-0.1, -0.05) is 6.92 Å². The van der Waals surface area contributed by atoms with E-state index >= 15 is 0 Å². The van der Waals surface area contributed by atoms with Crippen molar-refractivity contribution in [3.8, 4) is 0 Å². The smallest absolute Gasteiger partial charge is 0.0261 e. The minimum Gasteiger partial charge on any atom is -0.0625 e. The zero-order chi connectivity index (χ0) is 6.77. The normalized spacial score (nSPS) is 63.9. The van der Waals surface area contributed by atoms with E-state index in [1.54, 1.807) is 32.1 Å². The van der Waals surface area contributed by atoms with Gasteiger partial charge in [0.2, 0.25) is 0 Å². The van der Waals surface area contributed by atoms with Crippen LogP contribution in [0.2, 0.25) is 0 Å². The van der Waals surface area contributed by atoms with E-state index in [1.807, 2.05) is 0 Å². The summed E-state index contributed by atoms with van der Waals surface area (Å²) in [5.74, 6) is 3.44. The molecule has 0 nitrogen and oxygen atoms in total. The predicted molar refractivity (Wildman–Crippen MR) is 41.7 cm³/mol. The standard InChI is InChI=1S/C10H16/c1-7-4-8-2-3-10(5-7)6-9(8)10/h7-9H,2-6H2,1H3/t7-,8-,9?,10-/m0/s1. The second kappa shape index (κ2) is 1.44. The number of hydrogen-bond donors (Lipinski definition) is 0. The molecule has 0 heterocycles. The van der Waals surface area contributed by atoms with Gasteiger partial charge in [0.15, 0.2) is 0 Å². The molecule has 10 heavy (non-hydrogen) atoms. The Hall–Kier alpha value is 0. The molecule has 0 heteroatoms. The topological polar surface area (TPSA) is 0 Å². The summed E-state index contributed by atoms with van der Waals surface area (Å²) in [4.78, 5) is 0. The highest BCUT2D eigenvalue weighted by Crippen LogP contribution is 2.72. The van der Waals surface area contributed by atoms with Gasteiger partial charge in [0.25, 0.3) is 0 Å². The molecule has 4 atom stereocenters. The summed E-state index contributed by atoms with van der Waals surface area (Å²) < 4.78 is 0. The summed E-state index contributed by atoms with van der Waals surface area (Å²) in [6.07, 6.45) is 7.92. The van der Waals surface area contributed by atoms with Crippen LogP contribution in [0.1, 0.15) is 39.0 Å². The first kappa shape index (κ1) is 5.62. The molecule has 2 bridgehead atoms. The van der Waals surface area contributed by atoms with Gasteiger partial charge >= 0.3 is 0 Å². The van der Waals surface area contributed by atoms with E-state index in [4.69, 9.17) is 0 Å². The third kappa shape index (κ3) is 0.500.